The molecule has 4 heteroatoms. The fourth-order valence-corrected chi connectivity index (χ4v) is 4.34. The third-order valence-electron chi connectivity index (χ3n) is 5.90. The molecule has 0 aromatic carbocycles. The fourth-order valence-electron chi connectivity index (χ4n) is 4.34. The average molecular weight is 308 g/mol. The van der Waals surface area contributed by atoms with Gasteiger partial charge in [0.05, 0.1) is 6.10 Å². The minimum absolute atomic E-state index is 0.223. The highest BCUT2D eigenvalue weighted by atomic mass is 16.3. The zero-order valence-electron chi connectivity index (χ0n) is 14.0. The Morgan fingerprint density at radius 1 is 1.18 bits per heavy atom. The zero-order chi connectivity index (χ0) is 15.5. The lowest BCUT2D eigenvalue weighted by molar-refractivity contribution is -0.129. The second-order valence-electron chi connectivity index (χ2n) is 7.61. The van der Waals surface area contributed by atoms with E-state index in [1.807, 2.05) is 4.90 Å². The van der Waals surface area contributed by atoms with Crippen molar-refractivity contribution in [1.82, 2.24) is 9.80 Å². The van der Waals surface area contributed by atoms with Crippen molar-refractivity contribution in [2.45, 2.75) is 82.9 Å². The van der Waals surface area contributed by atoms with Crippen LogP contribution >= 0.6 is 0 Å². The smallest absolute Gasteiger partial charge is 0.222 e. The molecule has 0 bridgehead atoms. The van der Waals surface area contributed by atoms with Crippen molar-refractivity contribution in [1.29, 1.82) is 0 Å². The van der Waals surface area contributed by atoms with Crippen LogP contribution in [0, 0.1) is 5.92 Å². The Bertz CT molecular complexity index is 375. The topological polar surface area (TPSA) is 43.8 Å². The lowest BCUT2D eigenvalue weighted by Gasteiger charge is -2.38. The number of rotatable bonds is 7. The van der Waals surface area contributed by atoms with Crippen molar-refractivity contribution in [3.8, 4) is 0 Å². The maximum Gasteiger partial charge on any atom is 0.222 e. The molecule has 126 valence electrons. The highest BCUT2D eigenvalue weighted by Crippen LogP contribution is 2.36. The van der Waals surface area contributed by atoms with Gasteiger partial charge in [-0.2, -0.15) is 0 Å². The van der Waals surface area contributed by atoms with Gasteiger partial charge in [-0.1, -0.05) is 13.3 Å². The van der Waals surface area contributed by atoms with Gasteiger partial charge in [0.1, 0.15) is 0 Å². The van der Waals surface area contributed by atoms with Crippen molar-refractivity contribution in [3.63, 3.8) is 0 Å². The van der Waals surface area contributed by atoms with E-state index in [-0.39, 0.29) is 12.0 Å². The normalized spacial score (nSPS) is 31.0. The number of hydrogen-bond acceptors (Lipinski definition) is 3. The van der Waals surface area contributed by atoms with Gasteiger partial charge in [-0.25, -0.2) is 0 Å². The number of amides is 1. The summed E-state index contributed by atoms with van der Waals surface area (Å²) in [5, 5.41) is 10.5. The molecule has 4 nitrogen and oxygen atoms in total. The van der Waals surface area contributed by atoms with E-state index in [1.165, 1.54) is 44.9 Å². The number of β-amino-alcohol motifs (C(OH)–C–C–N with tert-alkyl or cyclic N) is 1. The van der Waals surface area contributed by atoms with E-state index >= 15 is 0 Å². The molecule has 2 aliphatic carbocycles. The third kappa shape index (κ3) is 4.02. The highest BCUT2D eigenvalue weighted by Gasteiger charge is 2.37. The summed E-state index contributed by atoms with van der Waals surface area (Å²) in [5.74, 6) is 1.14. The van der Waals surface area contributed by atoms with Gasteiger partial charge in [-0.15, -0.1) is 0 Å². The molecule has 1 unspecified atom stereocenters. The summed E-state index contributed by atoms with van der Waals surface area (Å²) >= 11 is 0. The first-order chi connectivity index (χ1) is 10.7. The van der Waals surface area contributed by atoms with Crippen LogP contribution < -0.4 is 0 Å². The van der Waals surface area contributed by atoms with Crippen LogP contribution in [0.25, 0.3) is 0 Å². The van der Waals surface area contributed by atoms with Crippen molar-refractivity contribution in [2.24, 2.45) is 5.92 Å². The Balaban J connectivity index is 1.50. The van der Waals surface area contributed by atoms with Gasteiger partial charge in [0.2, 0.25) is 5.91 Å². The first-order valence-corrected chi connectivity index (χ1v) is 9.39. The molecule has 1 atom stereocenters. The van der Waals surface area contributed by atoms with Crippen molar-refractivity contribution in [2.75, 3.05) is 19.6 Å². The van der Waals surface area contributed by atoms with Gasteiger partial charge >= 0.3 is 0 Å². The van der Waals surface area contributed by atoms with Crippen LogP contribution in [0.3, 0.4) is 0 Å². The molecule has 3 rings (SSSR count). The summed E-state index contributed by atoms with van der Waals surface area (Å²) < 4.78 is 0. The quantitative estimate of drug-likeness (QED) is 0.785. The first-order valence-electron chi connectivity index (χ1n) is 9.39. The molecule has 1 saturated heterocycles. The minimum Gasteiger partial charge on any atom is -0.390 e. The largest absolute Gasteiger partial charge is 0.390 e. The van der Waals surface area contributed by atoms with Crippen LogP contribution in [0.4, 0.5) is 0 Å². The molecule has 1 aliphatic heterocycles. The molecule has 3 aliphatic rings. The molecule has 0 spiro atoms. The summed E-state index contributed by atoms with van der Waals surface area (Å²) in [7, 11) is 0. The van der Waals surface area contributed by atoms with Crippen molar-refractivity contribution in [3.05, 3.63) is 0 Å². The second kappa shape index (κ2) is 7.31. The predicted molar refractivity (Wildman–Crippen MR) is 87.6 cm³/mol. The van der Waals surface area contributed by atoms with Crippen LogP contribution in [0.1, 0.15) is 64.7 Å². The molecule has 1 N–H and O–H groups in total. The monoisotopic (exact) mass is 308 g/mol. The first kappa shape index (κ1) is 16.3. The number of aliphatic hydroxyl groups excluding tert-OH is 1. The SMILES string of the molecule is CCC1CCC(N(CC(O)CN2CCCC2=O)C2CC2)CC1. The molecule has 1 heterocycles. The number of carbonyl (C=O) groups is 1. The lowest BCUT2D eigenvalue weighted by atomic mass is 9.83. The van der Waals surface area contributed by atoms with Gasteiger partial charge in [-0.3, -0.25) is 9.69 Å². The van der Waals surface area contributed by atoms with Gasteiger partial charge in [0.15, 0.2) is 0 Å². The molecule has 22 heavy (non-hydrogen) atoms. The Kier molecular flexibility index (Phi) is 5.40. The predicted octanol–water partition coefficient (Wildman–Crippen LogP) is 2.40. The number of aliphatic hydroxyl groups is 1. The standard InChI is InChI=1S/C18H32N2O2/c1-2-14-5-7-15(8-6-14)20(16-9-10-16)13-17(21)12-19-11-3-4-18(19)22/h14-17,21H,2-13H2,1H3. The van der Waals surface area contributed by atoms with E-state index in [1.54, 1.807) is 0 Å². The Labute approximate surface area is 134 Å². The second-order valence-corrected chi connectivity index (χ2v) is 7.61. The minimum atomic E-state index is -0.383. The molecule has 0 aromatic rings. The van der Waals surface area contributed by atoms with E-state index in [4.69, 9.17) is 0 Å². The third-order valence-corrected chi connectivity index (χ3v) is 5.90. The van der Waals surface area contributed by atoms with E-state index in [0.29, 0.717) is 25.0 Å². The maximum atomic E-state index is 11.7. The summed E-state index contributed by atoms with van der Waals surface area (Å²) in [6.45, 7) is 4.43. The number of nitrogens with zero attached hydrogens (tertiary/aromatic N) is 2. The molecule has 1 amide bonds. The van der Waals surface area contributed by atoms with Crippen LogP contribution in [0.2, 0.25) is 0 Å². The van der Waals surface area contributed by atoms with Gasteiger partial charge < -0.3 is 10.0 Å². The van der Waals surface area contributed by atoms with Crippen LogP contribution in [0.5, 0.6) is 0 Å². The summed E-state index contributed by atoms with van der Waals surface area (Å²) in [6.07, 6.45) is 10.4. The van der Waals surface area contributed by atoms with E-state index in [0.717, 1.165) is 25.4 Å². The average Bonchev–Trinajstić information content (AvgIpc) is 3.30. The molecular formula is C18H32N2O2. The molecule has 2 saturated carbocycles. The number of carbonyl (C=O) groups excluding carboxylic acids is 1. The van der Waals surface area contributed by atoms with Crippen LogP contribution in [0.15, 0.2) is 0 Å². The van der Waals surface area contributed by atoms with E-state index in [9.17, 15) is 9.90 Å². The Hall–Kier alpha value is -0.610. The van der Waals surface area contributed by atoms with Crippen molar-refractivity contribution < 1.29 is 9.90 Å². The maximum absolute atomic E-state index is 11.7. The molecule has 0 radical (unpaired) electrons. The van der Waals surface area contributed by atoms with Gasteiger partial charge in [0.25, 0.3) is 0 Å². The van der Waals surface area contributed by atoms with Gasteiger partial charge in [0, 0.05) is 38.1 Å². The number of likely N-dealkylation sites (tertiary alicyclic amines) is 1. The molecule has 0 aromatic heterocycles. The molecular weight excluding hydrogens is 276 g/mol. The highest BCUT2D eigenvalue weighted by molar-refractivity contribution is 5.78. The van der Waals surface area contributed by atoms with E-state index in [2.05, 4.69) is 11.8 Å². The van der Waals surface area contributed by atoms with E-state index < -0.39 is 0 Å². The zero-order valence-corrected chi connectivity index (χ0v) is 14.0. The Morgan fingerprint density at radius 2 is 1.82 bits per heavy atom. The van der Waals surface area contributed by atoms with Crippen LogP contribution in [-0.4, -0.2) is 58.6 Å². The summed E-state index contributed by atoms with van der Waals surface area (Å²) in [5.41, 5.74) is 0. The lowest BCUT2D eigenvalue weighted by Crippen LogP contribution is -2.47. The summed E-state index contributed by atoms with van der Waals surface area (Å²) in [6, 6.07) is 1.37. The van der Waals surface area contributed by atoms with Gasteiger partial charge in [-0.05, 0) is 50.9 Å². The number of hydrogen-bond donors (Lipinski definition) is 1. The van der Waals surface area contributed by atoms with Crippen molar-refractivity contribution >= 4 is 5.91 Å². The van der Waals surface area contributed by atoms with Crippen LogP contribution in [-0.2, 0) is 4.79 Å². The molecule has 3 fully saturated rings. The summed E-state index contributed by atoms with van der Waals surface area (Å²) in [4.78, 5) is 16.1. The fraction of sp³-hybridized carbons (Fsp3) is 0.944. The Morgan fingerprint density at radius 3 is 2.32 bits per heavy atom.